The Bertz CT molecular complexity index is 1100. The number of ether oxygens (including phenoxy) is 3. The summed E-state index contributed by atoms with van der Waals surface area (Å²) in [5.41, 5.74) is 0.706. The van der Waals surface area contributed by atoms with Crippen molar-refractivity contribution in [3.8, 4) is 11.5 Å². The van der Waals surface area contributed by atoms with Crippen molar-refractivity contribution in [2.45, 2.75) is 45.6 Å². The zero-order chi connectivity index (χ0) is 26.8. The van der Waals surface area contributed by atoms with Crippen molar-refractivity contribution in [1.29, 1.82) is 0 Å². The van der Waals surface area contributed by atoms with Crippen molar-refractivity contribution in [1.82, 2.24) is 10.6 Å². The number of esters is 1. The molecule has 0 bridgehead atoms. The first-order valence-electron chi connectivity index (χ1n) is 12.4. The highest BCUT2D eigenvalue weighted by atomic mass is 35.5. The summed E-state index contributed by atoms with van der Waals surface area (Å²) in [6.07, 6.45) is 2.92. The molecular formula is C27H32Cl2N2O6. The Balaban J connectivity index is 1.43. The number of benzene rings is 2. The second-order valence-electron chi connectivity index (χ2n) is 8.58. The number of rotatable bonds is 11. The predicted octanol–water partition coefficient (Wildman–Crippen LogP) is 5.05. The first-order valence-corrected chi connectivity index (χ1v) is 13.2. The number of hydrogen-bond acceptors (Lipinski definition) is 6. The van der Waals surface area contributed by atoms with E-state index in [1.807, 2.05) is 6.92 Å². The fourth-order valence-corrected chi connectivity index (χ4v) is 4.58. The van der Waals surface area contributed by atoms with E-state index in [2.05, 4.69) is 10.6 Å². The smallest absolute Gasteiger partial charge is 0.308 e. The molecule has 200 valence electrons. The molecule has 0 aromatic heterocycles. The second-order valence-corrected chi connectivity index (χ2v) is 9.39. The highest BCUT2D eigenvalue weighted by Crippen LogP contribution is 2.30. The molecule has 0 heterocycles. The summed E-state index contributed by atoms with van der Waals surface area (Å²) < 4.78 is 16.5. The van der Waals surface area contributed by atoms with Crippen LogP contribution in [0.4, 0.5) is 0 Å². The van der Waals surface area contributed by atoms with Gasteiger partial charge in [-0.3, -0.25) is 14.4 Å². The molecule has 1 aliphatic carbocycles. The van der Waals surface area contributed by atoms with E-state index in [9.17, 15) is 14.4 Å². The molecule has 0 atom stereocenters. The molecule has 2 aromatic carbocycles. The van der Waals surface area contributed by atoms with Crippen LogP contribution in [0.2, 0.25) is 10.0 Å². The summed E-state index contributed by atoms with van der Waals surface area (Å²) in [7, 11) is 0. The lowest BCUT2D eigenvalue weighted by atomic mass is 9.87. The number of halogens is 2. The third kappa shape index (κ3) is 8.27. The lowest BCUT2D eigenvalue weighted by Crippen LogP contribution is -2.34. The van der Waals surface area contributed by atoms with Gasteiger partial charge < -0.3 is 24.8 Å². The molecule has 0 aliphatic heterocycles. The Labute approximate surface area is 226 Å². The quantitative estimate of drug-likeness (QED) is 0.299. The van der Waals surface area contributed by atoms with E-state index in [1.54, 1.807) is 37.3 Å². The molecule has 0 unspecified atom stereocenters. The molecule has 2 N–H and O–H groups in total. The van der Waals surface area contributed by atoms with Crippen molar-refractivity contribution < 1.29 is 28.6 Å². The standard InChI is InChI=1S/C27H32Cl2N2O6/c1-3-35-24-12-7-18(15-23(24)29)25(32)30-13-14-31-26(33)21-11-10-20(16-22(21)28)37-19-8-5-17(6-9-19)27(34)36-4-2/h7,10-12,15-17,19H,3-6,8-9,13-14H2,1-2H3,(H,30,32)(H,31,33). The average Bonchev–Trinajstić information content (AvgIpc) is 2.88. The molecule has 1 saturated carbocycles. The van der Waals surface area contributed by atoms with Crippen molar-refractivity contribution in [3.05, 3.63) is 57.6 Å². The van der Waals surface area contributed by atoms with Gasteiger partial charge in [-0.05, 0) is 75.9 Å². The van der Waals surface area contributed by atoms with Crippen LogP contribution in [-0.2, 0) is 9.53 Å². The van der Waals surface area contributed by atoms with Gasteiger partial charge in [0.2, 0.25) is 0 Å². The summed E-state index contributed by atoms with van der Waals surface area (Å²) in [6, 6.07) is 9.74. The van der Waals surface area contributed by atoms with Crippen LogP contribution in [0.1, 0.15) is 60.2 Å². The van der Waals surface area contributed by atoms with E-state index >= 15 is 0 Å². The van der Waals surface area contributed by atoms with E-state index < -0.39 is 0 Å². The van der Waals surface area contributed by atoms with Crippen molar-refractivity contribution >= 4 is 41.0 Å². The van der Waals surface area contributed by atoms with Crippen LogP contribution in [0.5, 0.6) is 11.5 Å². The second kappa shape index (κ2) is 14.1. The predicted molar refractivity (Wildman–Crippen MR) is 142 cm³/mol. The minimum atomic E-state index is -0.357. The maximum Gasteiger partial charge on any atom is 0.308 e. The summed E-state index contributed by atoms with van der Waals surface area (Å²) in [6.45, 7) is 4.96. The fraction of sp³-hybridized carbons (Fsp3) is 0.444. The highest BCUT2D eigenvalue weighted by Gasteiger charge is 2.28. The zero-order valence-corrected chi connectivity index (χ0v) is 22.5. The van der Waals surface area contributed by atoms with Crippen LogP contribution < -0.4 is 20.1 Å². The van der Waals surface area contributed by atoms with Gasteiger partial charge in [0, 0.05) is 18.7 Å². The summed E-state index contributed by atoms with van der Waals surface area (Å²) in [5, 5.41) is 6.10. The maximum absolute atomic E-state index is 12.6. The van der Waals surface area contributed by atoms with Gasteiger partial charge in [0.05, 0.1) is 40.8 Å². The molecule has 3 rings (SSSR count). The Morgan fingerprint density at radius 3 is 2.19 bits per heavy atom. The Morgan fingerprint density at radius 2 is 1.57 bits per heavy atom. The zero-order valence-electron chi connectivity index (χ0n) is 21.0. The Hall–Kier alpha value is -2.97. The summed E-state index contributed by atoms with van der Waals surface area (Å²) in [4.78, 5) is 36.8. The third-order valence-electron chi connectivity index (χ3n) is 5.97. The van der Waals surface area contributed by atoms with Gasteiger partial charge in [-0.15, -0.1) is 0 Å². The normalized spacial score (nSPS) is 17.0. The molecule has 1 fully saturated rings. The molecule has 0 spiro atoms. The van der Waals surface area contributed by atoms with Crippen molar-refractivity contribution in [3.63, 3.8) is 0 Å². The number of carbonyl (C=O) groups excluding carboxylic acids is 3. The van der Waals surface area contributed by atoms with Crippen molar-refractivity contribution in [2.24, 2.45) is 5.92 Å². The topological polar surface area (TPSA) is 103 Å². The first-order chi connectivity index (χ1) is 17.8. The molecule has 37 heavy (non-hydrogen) atoms. The molecule has 0 saturated heterocycles. The SMILES string of the molecule is CCOC(=O)C1CCC(Oc2ccc(C(=O)NCCNC(=O)c3ccc(OCC)c(Cl)c3)c(Cl)c2)CC1. The molecule has 1 aliphatic rings. The largest absolute Gasteiger partial charge is 0.492 e. The van der Waals surface area contributed by atoms with Gasteiger partial charge in [-0.2, -0.15) is 0 Å². The number of hydrogen-bond donors (Lipinski definition) is 2. The summed E-state index contributed by atoms with van der Waals surface area (Å²) in [5.74, 6) is 0.211. The third-order valence-corrected chi connectivity index (χ3v) is 6.58. The van der Waals surface area contributed by atoms with Gasteiger partial charge in [-0.1, -0.05) is 23.2 Å². The lowest BCUT2D eigenvalue weighted by molar-refractivity contribution is -0.149. The van der Waals surface area contributed by atoms with Crippen LogP contribution >= 0.6 is 23.2 Å². The van der Waals surface area contributed by atoms with Gasteiger partial charge in [-0.25, -0.2) is 0 Å². The Morgan fingerprint density at radius 1 is 0.865 bits per heavy atom. The van der Waals surface area contributed by atoms with Crippen LogP contribution in [0.3, 0.4) is 0 Å². The lowest BCUT2D eigenvalue weighted by Gasteiger charge is -2.27. The fourth-order valence-electron chi connectivity index (χ4n) is 4.09. The minimum absolute atomic E-state index is 0.0183. The van der Waals surface area contributed by atoms with E-state index in [-0.39, 0.29) is 47.9 Å². The van der Waals surface area contributed by atoms with Gasteiger partial charge in [0.1, 0.15) is 11.5 Å². The summed E-state index contributed by atoms with van der Waals surface area (Å²) >= 11 is 12.5. The van der Waals surface area contributed by atoms with Crippen LogP contribution in [-0.4, -0.2) is 50.2 Å². The van der Waals surface area contributed by atoms with Gasteiger partial charge in [0.25, 0.3) is 11.8 Å². The van der Waals surface area contributed by atoms with Crippen molar-refractivity contribution in [2.75, 3.05) is 26.3 Å². The van der Waals surface area contributed by atoms with E-state index in [4.69, 9.17) is 37.4 Å². The van der Waals surface area contributed by atoms with Gasteiger partial charge in [0.15, 0.2) is 0 Å². The number of carbonyl (C=O) groups is 3. The monoisotopic (exact) mass is 550 g/mol. The number of nitrogens with one attached hydrogen (secondary N) is 2. The first kappa shape index (κ1) is 28.6. The van der Waals surface area contributed by atoms with E-state index in [0.29, 0.717) is 40.9 Å². The van der Waals surface area contributed by atoms with Crippen LogP contribution in [0, 0.1) is 5.92 Å². The minimum Gasteiger partial charge on any atom is -0.492 e. The molecule has 2 amide bonds. The van der Waals surface area contributed by atoms with Crippen LogP contribution in [0.25, 0.3) is 0 Å². The van der Waals surface area contributed by atoms with Gasteiger partial charge >= 0.3 is 5.97 Å². The molecular weight excluding hydrogens is 519 g/mol. The Kier molecular flexibility index (Phi) is 10.9. The maximum atomic E-state index is 12.6. The van der Waals surface area contributed by atoms with E-state index in [1.165, 1.54) is 6.07 Å². The number of amides is 2. The van der Waals surface area contributed by atoms with E-state index in [0.717, 1.165) is 25.7 Å². The molecule has 0 radical (unpaired) electrons. The highest BCUT2D eigenvalue weighted by molar-refractivity contribution is 6.34. The average molecular weight is 551 g/mol. The molecule has 2 aromatic rings. The molecule has 10 heteroatoms. The molecule has 8 nitrogen and oxygen atoms in total. The van der Waals surface area contributed by atoms with Crippen LogP contribution in [0.15, 0.2) is 36.4 Å².